The second-order valence-corrected chi connectivity index (χ2v) is 22.2. The number of hydrogen-bond donors (Lipinski definition) is 0. The molecule has 6 heteroatoms. The summed E-state index contributed by atoms with van der Waals surface area (Å²) in [5.41, 5.74) is 1.75. The number of rotatable bonds is 6. The first-order chi connectivity index (χ1) is 26.8. The summed E-state index contributed by atoms with van der Waals surface area (Å²) in [5.74, 6) is 8.59. The molecule has 6 aliphatic heterocycles. The molecule has 12 rings (SSSR count). The number of halogens is 2. The van der Waals surface area contributed by atoms with E-state index in [1.807, 2.05) is 48.5 Å². The van der Waals surface area contributed by atoms with Crippen molar-refractivity contribution in [1.29, 1.82) is 0 Å². The van der Waals surface area contributed by atoms with Gasteiger partial charge in [-0.2, -0.15) is 0 Å². The van der Waals surface area contributed by atoms with Crippen LogP contribution in [0, 0.1) is 59.2 Å². The standard InChI is InChI=1S/C49H62Cl2N2O2/c50-35-15-8-28(9-16-35)45(54)26-52-38-2-1-3-42(52)39-21-14-31-12-19-37-20-13-33-22-32-6-4-30-5-7-34(23-38)48-44(52)25-41(39)49(31)53(37,43(33)24-40(32)47(30)48)27-46(55)29-10-17-36(51)18-11-29/h8-11,15-18,30-34,37-44,47-49H,1-7,12-14,19-27H2/q+2. The zero-order valence-corrected chi connectivity index (χ0v) is 34.3. The van der Waals surface area contributed by atoms with Gasteiger partial charge in [-0.3, -0.25) is 9.59 Å². The number of carbonyl (C=O) groups is 2. The molecule has 10 fully saturated rings. The lowest BCUT2D eigenvalue weighted by Gasteiger charge is -2.75. The fraction of sp³-hybridized carbons (Fsp3) is 0.714. The Kier molecular flexibility index (Phi) is 8.26. The Morgan fingerprint density at radius 1 is 0.473 bits per heavy atom. The lowest BCUT2D eigenvalue weighted by Crippen LogP contribution is -2.84. The van der Waals surface area contributed by atoms with Crippen LogP contribution < -0.4 is 0 Å². The monoisotopic (exact) mass is 780 g/mol. The van der Waals surface area contributed by atoms with Gasteiger partial charge in [0.25, 0.3) is 0 Å². The van der Waals surface area contributed by atoms with E-state index < -0.39 is 0 Å². The van der Waals surface area contributed by atoms with Gasteiger partial charge in [-0.15, -0.1) is 0 Å². The maximum atomic E-state index is 15.0. The summed E-state index contributed by atoms with van der Waals surface area (Å²) in [6, 6.07) is 19.5. The Labute approximate surface area is 339 Å². The summed E-state index contributed by atoms with van der Waals surface area (Å²) < 4.78 is 2.29. The van der Waals surface area contributed by atoms with Crippen LogP contribution in [-0.4, -0.2) is 69.9 Å². The molecule has 2 aromatic carbocycles. The summed E-state index contributed by atoms with van der Waals surface area (Å²) in [7, 11) is 0. The maximum absolute atomic E-state index is 15.0. The molecule has 0 N–H and O–H groups in total. The van der Waals surface area contributed by atoms with E-state index in [9.17, 15) is 9.59 Å². The SMILES string of the molecule is O=C(C[N+]12C3CCCC1C1CCC4CCC5CCC6CC7CCC8CCC(C3)C3C8C7CC6[N+]5(CC(=O)c5ccc(Cl)cc5)C4C1CC32)c1ccc(Cl)cc1. The number of benzene rings is 2. The van der Waals surface area contributed by atoms with Gasteiger partial charge in [0.2, 0.25) is 11.6 Å². The molecule has 0 radical (unpaired) electrons. The van der Waals surface area contributed by atoms with Crippen molar-refractivity contribution < 1.29 is 18.6 Å². The largest absolute Gasteiger partial charge is 0.309 e. The van der Waals surface area contributed by atoms with Gasteiger partial charge >= 0.3 is 0 Å². The summed E-state index contributed by atoms with van der Waals surface area (Å²) in [6.07, 6.45) is 23.4. The Morgan fingerprint density at radius 2 is 1.07 bits per heavy atom. The molecule has 18 unspecified atom stereocenters. The minimum absolute atomic E-state index is 0.372. The van der Waals surface area contributed by atoms with E-state index in [4.69, 9.17) is 23.2 Å². The van der Waals surface area contributed by atoms with E-state index in [1.54, 1.807) is 0 Å². The number of carbonyl (C=O) groups excluding carboxylic acids is 2. The van der Waals surface area contributed by atoms with Gasteiger partial charge in [-0.1, -0.05) is 23.2 Å². The minimum Gasteiger partial charge on any atom is -0.309 e. The zero-order chi connectivity index (χ0) is 36.8. The van der Waals surface area contributed by atoms with Gasteiger partial charge in [0, 0.05) is 70.0 Å². The van der Waals surface area contributed by atoms with Crippen molar-refractivity contribution in [3.05, 3.63) is 69.7 Å². The zero-order valence-electron chi connectivity index (χ0n) is 32.8. The Bertz CT molecular complexity index is 1860. The van der Waals surface area contributed by atoms with Crippen molar-refractivity contribution in [3.63, 3.8) is 0 Å². The summed E-state index contributed by atoms with van der Waals surface area (Å²) in [5, 5.41) is 1.44. The number of quaternary nitrogens is 2. The Balaban J connectivity index is 1.06. The van der Waals surface area contributed by atoms with Crippen LogP contribution in [0.1, 0.15) is 130 Å². The number of nitrogens with zero attached hydrogens (tertiary/aromatic N) is 2. The molecule has 2 aromatic rings. The molecule has 0 aromatic heterocycles. The third-order valence-electron chi connectivity index (χ3n) is 20.2. The van der Waals surface area contributed by atoms with Crippen LogP contribution in [0.4, 0.5) is 0 Å². The topological polar surface area (TPSA) is 34.1 Å². The highest BCUT2D eigenvalue weighted by atomic mass is 35.5. The first kappa shape index (κ1) is 35.2. The highest BCUT2D eigenvalue weighted by Gasteiger charge is 2.74. The van der Waals surface area contributed by atoms with Crippen molar-refractivity contribution in [3.8, 4) is 0 Å². The van der Waals surface area contributed by atoms with Crippen LogP contribution in [0.2, 0.25) is 10.0 Å². The number of ketones is 2. The van der Waals surface area contributed by atoms with E-state index in [1.165, 1.54) is 109 Å². The van der Waals surface area contributed by atoms with Crippen molar-refractivity contribution in [2.75, 3.05) is 13.1 Å². The predicted molar refractivity (Wildman–Crippen MR) is 218 cm³/mol. The van der Waals surface area contributed by atoms with Gasteiger partial charge in [-0.05, 0) is 168 Å². The molecule has 6 saturated heterocycles. The van der Waals surface area contributed by atoms with Crippen LogP contribution in [0.25, 0.3) is 0 Å². The third kappa shape index (κ3) is 4.96. The molecule has 4 saturated carbocycles. The first-order valence-electron chi connectivity index (χ1n) is 23.1. The molecule has 0 amide bonds. The average Bonchev–Trinajstić information content (AvgIpc) is 3.20. The fourth-order valence-corrected chi connectivity index (χ4v) is 19.1. The Morgan fingerprint density at radius 3 is 1.80 bits per heavy atom. The van der Waals surface area contributed by atoms with Crippen molar-refractivity contribution in [2.45, 2.75) is 145 Å². The second-order valence-electron chi connectivity index (χ2n) is 21.4. The highest BCUT2D eigenvalue weighted by Crippen LogP contribution is 2.69. The van der Waals surface area contributed by atoms with Gasteiger partial charge in [0.1, 0.15) is 13.1 Å². The number of hydrogen-bond acceptors (Lipinski definition) is 2. The lowest BCUT2D eigenvalue weighted by molar-refractivity contribution is -1.03. The van der Waals surface area contributed by atoms with Gasteiger partial charge < -0.3 is 8.97 Å². The molecule has 6 heterocycles. The van der Waals surface area contributed by atoms with E-state index in [-0.39, 0.29) is 0 Å². The van der Waals surface area contributed by atoms with Crippen molar-refractivity contribution in [2.24, 2.45) is 59.2 Å². The molecular weight excluding hydrogens is 719 g/mol. The van der Waals surface area contributed by atoms with E-state index in [0.717, 1.165) is 77.5 Å². The molecule has 292 valence electrons. The molecular formula is C49H62Cl2N2O2+2. The quantitative estimate of drug-likeness (QED) is 0.216. The van der Waals surface area contributed by atoms with Crippen molar-refractivity contribution >= 4 is 34.8 Å². The molecule has 18 atom stereocenters. The molecule has 0 spiro atoms. The van der Waals surface area contributed by atoms with Crippen LogP contribution in [0.3, 0.4) is 0 Å². The van der Waals surface area contributed by atoms with Crippen LogP contribution >= 0.6 is 23.2 Å². The third-order valence-corrected chi connectivity index (χ3v) is 20.7. The summed E-state index contributed by atoms with van der Waals surface area (Å²) in [6.45, 7) is 1.42. The average molecular weight is 782 g/mol. The van der Waals surface area contributed by atoms with E-state index >= 15 is 0 Å². The normalized spacial score (nSPS) is 49.6. The Hall–Kier alpha value is -1.72. The molecule has 55 heavy (non-hydrogen) atoms. The number of piperidine rings is 5. The molecule has 4 nitrogen and oxygen atoms in total. The van der Waals surface area contributed by atoms with E-state index in [2.05, 4.69) is 0 Å². The molecule has 4 bridgehead atoms. The minimum atomic E-state index is 0.372. The highest BCUT2D eigenvalue weighted by molar-refractivity contribution is 6.31. The van der Waals surface area contributed by atoms with Gasteiger partial charge in [0.05, 0.1) is 36.3 Å². The predicted octanol–water partition coefficient (Wildman–Crippen LogP) is 10.8. The first-order valence-corrected chi connectivity index (χ1v) is 23.9. The van der Waals surface area contributed by atoms with Gasteiger partial charge in [-0.25, -0.2) is 0 Å². The lowest BCUT2D eigenvalue weighted by atomic mass is 9.44. The van der Waals surface area contributed by atoms with Crippen LogP contribution in [-0.2, 0) is 0 Å². The van der Waals surface area contributed by atoms with Crippen molar-refractivity contribution in [1.82, 2.24) is 0 Å². The smallest absolute Gasteiger partial charge is 0.216 e. The van der Waals surface area contributed by atoms with Crippen LogP contribution in [0.15, 0.2) is 48.5 Å². The van der Waals surface area contributed by atoms with Gasteiger partial charge in [0.15, 0.2) is 0 Å². The van der Waals surface area contributed by atoms with E-state index in [0.29, 0.717) is 72.7 Å². The summed E-state index contributed by atoms with van der Waals surface area (Å²) >= 11 is 12.8. The molecule has 10 aliphatic rings. The van der Waals surface area contributed by atoms with Crippen LogP contribution in [0.5, 0.6) is 0 Å². The molecule has 4 aliphatic carbocycles. The second kappa shape index (κ2) is 12.9. The number of fused-ring (bicyclic) bond motifs is 1. The number of Topliss-reactive ketones (excluding diaryl/α,β-unsaturated/α-hetero) is 2. The fourth-order valence-electron chi connectivity index (χ4n) is 18.9. The summed E-state index contributed by atoms with van der Waals surface area (Å²) in [4.78, 5) is 29.9. The maximum Gasteiger partial charge on any atom is 0.216 e.